The highest BCUT2D eigenvalue weighted by Crippen LogP contribution is 2.48. The summed E-state index contributed by atoms with van der Waals surface area (Å²) in [6.07, 6.45) is 3.07. The zero-order valence-electron chi connectivity index (χ0n) is 33.2. The van der Waals surface area contributed by atoms with Gasteiger partial charge in [0.25, 0.3) is 5.91 Å². The van der Waals surface area contributed by atoms with E-state index in [1.807, 2.05) is 58.0 Å². The van der Waals surface area contributed by atoms with Crippen LogP contribution in [0, 0.1) is 5.82 Å². The maximum Gasteiger partial charge on any atom is 0.495 e. The van der Waals surface area contributed by atoms with Gasteiger partial charge in [-0.05, 0) is 111 Å². The number of sulfonamides is 1. The molecule has 1 aliphatic heterocycles. The highest BCUT2D eigenvalue weighted by Gasteiger charge is 2.53. The first-order valence-corrected chi connectivity index (χ1v) is 23.5. The number of halogens is 1. The molecular formula is C41H54BFN2O7SSi. The molecule has 1 atom stereocenters. The third kappa shape index (κ3) is 8.07. The summed E-state index contributed by atoms with van der Waals surface area (Å²) in [5, 5.41) is 0.419. The van der Waals surface area contributed by atoms with Gasteiger partial charge in [-0.1, -0.05) is 57.2 Å². The van der Waals surface area contributed by atoms with Crippen molar-refractivity contribution in [3.63, 3.8) is 0 Å². The number of hydrogen-bond acceptors (Lipinski definition) is 7. The predicted molar refractivity (Wildman–Crippen MR) is 216 cm³/mol. The topological polar surface area (TPSA) is 121 Å². The molecule has 2 N–H and O–H groups in total. The predicted octanol–water partition coefficient (Wildman–Crippen LogP) is 8.36. The molecule has 290 valence electrons. The van der Waals surface area contributed by atoms with Gasteiger partial charge in [-0.15, -0.1) is 0 Å². The Morgan fingerprint density at radius 1 is 1.04 bits per heavy atom. The fourth-order valence-electron chi connectivity index (χ4n) is 6.82. The number of carbonyl (C=O) groups excluding carboxylic acids is 1. The second-order valence-corrected chi connectivity index (χ2v) is 24.1. The van der Waals surface area contributed by atoms with Crippen molar-refractivity contribution >= 4 is 53.5 Å². The molecule has 4 aromatic rings. The van der Waals surface area contributed by atoms with E-state index in [-0.39, 0.29) is 35.3 Å². The Kier molecular flexibility index (Phi) is 10.6. The van der Waals surface area contributed by atoms with Crippen molar-refractivity contribution < 1.29 is 35.8 Å². The lowest BCUT2D eigenvalue weighted by Gasteiger charge is -2.40. The lowest BCUT2D eigenvalue weighted by molar-refractivity contribution is 0.00578. The number of anilines is 1. The molecular weight excluding hydrogens is 722 g/mol. The minimum absolute atomic E-state index is 0.117. The van der Waals surface area contributed by atoms with Crippen LogP contribution in [0.25, 0.3) is 11.0 Å². The summed E-state index contributed by atoms with van der Waals surface area (Å²) >= 11 is 0. The van der Waals surface area contributed by atoms with Gasteiger partial charge in [0.05, 0.1) is 34.8 Å². The monoisotopic (exact) mass is 776 g/mol. The molecule has 1 aromatic heterocycles. The number of nitrogens with zero attached hydrogens (tertiary/aromatic N) is 1. The number of hydrogen-bond donors (Lipinski definition) is 1. The van der Waals surface area contributed by atoms with Gasteiger partial charge in [0.15, 0.2) is 8.32 Å². The van der Waals surface area contributed by atoms with Crippen LogP contribution in [0.15, 0.2) is 65.1 Å². The molecule has 6 rings (SSSR count). The molecule has 0 bridgehead atoms. The van der Waals surface area contributed by atoms with Crippen LogP contribution >= 0.6 is 0 Å². The number of fused-ring (bicyclic) bond motifs is 1. The zero-order chi connectivity index (χ0) is 39.6. The number of furan rings is 1. The molecule has 2 heterocycles. The van der Waals surface area contributed by atoms with Crippen molar-refractivity contribution in [2.75, 3.05) is 17.1 Å². The van der Waals surface area contributed by atoms with Gasteiger partial charge >= 0.3 is 7.12 Å². The summed E-state index contributed by atoms with van der Waals surface area (Å²) in [6.45, 7) is 19.2. The zero-order valence-corrected chi connectivity index (χ0v) is 35.0. The molecule has 1 saturated heterocycles. The summed E-state index contributed by atoms with van der Waals surface area (Å²) in [4.78, 5) is 12.9. The quantitative estimate of drug-likeness (QED) is 0.136. The highest BCUT2D eigenvalue weighted by molar-refractivity contribution is 7.92. The van der Waals surface area contributed by atoms with E-state index < -0.39 is 48.7 Å². The van der Waals surface area contributed by atoms with E-state index in [1.54, 1.807) is 18.2 Å². The SMILES string of the molecule is CC1(C)OB(c2ccccc2C(CCN(c2cc3oc(Cc4ccc(F)cc4)c(C(N)=O)c3cc2C2CC2)S(C)(=O)=O)O[Si](C)(C)C(C)(C)C)OC1(C)C. The van der Waals surface area contributed by atoms with E-state index in [1.165, 1.54) is 22.7 Å². The molecule has 1 amide bonds. The van der Waals surface area contributed by atoms with Crippen molar-refractivity contribution in [1.82, 2.24) is 0 Å². The average Bonchev–Trinajstić information content (AvgIpc) is 3.79. The van der Waals surface area contributed by atoms with Crippen molar-refractivity contribution in [2.24, 2.45) is 5.73 Å². The fourth-order valence-corrected chi connectivity index (χ4v) is 9.08. The van der Waals surface area contributed by atoms with Crippen molar-refractivity contribution in [3.8, 4) is 0 Å². The van der Waals surface area contributed by atoms with Crippen molar-refractivity contribution in [1.29, 1.82) is 0 Å². The Morgan fingerprint density at radius 2 is 1.65 bits per heavy atom. The summed E-state index contributed by atoms with van der Waals surface area (Å²) in [6, 6.07) is 17.5. The molecule has 54 heavy (non-hydrogen) atoms. The van der Waals surface area contributed by atoms with Gasteiger partial charge in [0.1, 0.15) is 17.2 Å². The second kappa shape index (κ2) is 14.2. The Balaban J connectivity index is 1.42. The Morgan fingerprint density at radius 3 is 2.20 bits per heavy atom. The summed E-state index contributed by atoms with van der Waals surface area (Å²) in [5.41, 5.74) is 9.25. The maximum atomic E-state index is 13.8. The molecule has 9 nitrogen and oxygen atoms in total. The van der Waals surface area contributed by atoms with Gasteiger partial charge in [0.2, 0.25) is 10.0 Å². The lowest BCUT2D eigenvalue weighted by atomic mass is 9.74. The highest BCUT2D eigenvalue weighted by atomic mass is 32.2. The van der Waals surface area contributed by atoms with Crippen LogP contribution in [0.2, 0.25) is 18.1 Å². The molecule has 13 heteroatoms. The normalized spacial score (nSPS) is 17.9. The summed E-state index contributed by atoms with van der Waals surface area (Å²) < 4.78 is 69.3. The first-order valence-electron chi connectivity index (χ1n) is 18.7. The standard InChI is InChI=1S/C41H54BFN2O7SSi/c1-39(2,3)54(9,10)50-34(29-13-11-12-14-32(29)42-51-40(4,5)41(6,7)52-42)21-22-45(53(8,47)48)33-25-35-31(24-30(33)27-17-18-27)37(38(44)46)36(49-35)23-26-15-19-28(43)20-16-26/h11-16,19-20,24-25,27,34H,17-18,21-23H2,1-10H3,(H2,44,46). The molecule has 2 aliphatic rings. The van der Waals surface area contributed by atoms with Crippen LogP contribution in [0.3, 0.4) is 0 Å². The molecule has 3 aromatic carbocycles. The van der Waals surface area contributed by atoms with Gasteiger partial charge < -0.3 is 23.9 Å². The number of amides is 1. The summed E-state index contributed by atoms with van der Waals surface area (Å²) in [7, 11) is -6.85. The number of carbonyl (C=O) groups is 1. The first-order chi connectivity index (χ1) is 25.0. The molecule has 1 aliphatic carbocycles. The van der Waals surface area contributed by atoms with E-state index in [4.69, 9.17) is 23.9 Å². The largest absolute Gasteiger partial charge is 0.495 e. The van der Waals surface area contributed by atoms with Crippen LogP contribution in [-0.2, 0) is 30.2 Å². The lowest BCUT2D eigenvalue weighted by Crippen LogP contribution is -2.45. The van der Waals surface area contributed by atoms with E-state index in [0.29, 0.717) is 28.8 Å². The van der Waals surface area contributed by atoms with Gasteiger partial charge in [-0.25, -0.2) is 12.8 Å². The second-order valence-electron chi connectivity index (χ2n) is 17.5. The molecule has 1 unspecified atom stereocenters. The minimum atomic E-state index is -3.82. The Bertz CT molecular complexity index is 2140. The van der Waals surface area contributed by atoms with E-state index >= 15 is 0 Å². The number of nitrogens with two attached hydrogens (primary N) is 1. The van der Waals surface area contributed by atoms with Crippen LogP contribution in [0.1, 0.15) is 113 Å². The summed E-state index contributed by atoms with van der Waals surface area (Å²) in [5.74, 6) is -0.553. The Labute approximate surface area is 321 Å². The molecule has 0 spiro atoms. The third-order valence-corrected chi connectivity index (χ3v) is 17.5. The van der Waals surface area contributed by atoms with Gasteiger partial charge in [0, 0.05) is 24.4 Å². The first kappa shape index (κ1) is 40.2. The molecule has 1 saturated carbocycles. The molecule has 2 fully saturated rings. The van der Waals surface area contributed by atoms with Crippen LogP contribution in [0.4, 0.5) is 10.1 Å². The van der Waals surface area contributed by atoms with Crippen molar-refractivity contribution in [2.45, 2.75) is 116 Å². The van der Waals surface area contributed by atoms with Crippen LogP contribution in [0.5, 0.6) is 0 Å². The van der Waals surface area contributed by atoms with Crippen LogP contribution < -0.4 is 15.5 Å². The van der Waals surface area contributed by atoms with E-state index in [9.17, 15) is 17.6 Å². The minimum Gasteiger partial charge on any atom is -0.460 e. The maximum absolute atomic E-state index is 13.8. The number of rotatable bonds is 13. The Hall–Kier alpha value is -3.49. The van der Waals surface area contributed by atoms with Gasteiger partial charge in [-0.3, -0.25) is 9.10 Å². The number of benzene rings is 3. The molecule has 0 radical (unpaired) electrons. The smallest absolute Gasteiger partial charge is 0.460 e. The van der Waals surface area contributed by atoms with E-state index in [2.05, 4.69) is 33.9 Å². The third-order valence-electron chi connectivity index (χ3n) is 11.8. The van der Waals surface area contributed by atoms with Crippen molar-refractivity contribution in [3.05, 3.63) is 94.5 Å². The van der Waals surface area contributed by atoms with E-state index in [0.717, 1.165) is 35.0 Å². The number of primary amides is 1. The average molecular weight is 777 g/mol. The van der Waals surface area contributed by atoms with Gasteiger partial charge in [-0.2, -0.15) is 0 Å². The fraction of sp³-hybridized carbons (Fsp3) is 0.488. The van der Waals surface area contributed by atoms with Crippen LogP contribution in [-0.4, -0.2) is 53.8 Å².